The highest BCUT2D eigenvalue weighted by Crippen LogP contribution is 2.36. The van der Waals surface area contributed by atoms with Gasteiger partial charge in [-0.25, -0.2) is 15.0 Å². The minimum atomic E-state index is -1.23. The van der Waals surface area contributed by atoms with Gasteiger partial charge in [0.25, 0.3) is 0 Å². The summed E-state index contributed by atoms with van der Waals surface area (Å²) in [7, 11) is 0. The van der Waals surface area contributed by atoms with E-state index in [-0.39, 0.29) is 0 Å². The molecule has 3 heterocycles. The molecule has 9 nitrogen and oxygen atoms in total. The first-order valence-electron chi connectivity index (χ1n) is 10.9. The number of rotatable bonds is 10. The Bertz CT molecular complexity index is 1020. The normalized spacial score (nSPS) is 23.1. The van der Waals surface area contributed by atoms with Gasteiger partial charge in [-0.3, -0.25) is 4.57 Å². The van der Waals surface area contributed by atoms with E-state index < -0.39 is 31.1 Å². The summed E-state index contributed by atoms with van der Waals surface area (Å²) in [5.74, 6) is 1.22. The molecular weight excluding hydrogens is 430 g/mol. The molecular formula is C22H29N5O4S. The van der Waals surface area contributed by atoms with Crippen LogP contribution in [0.3, 0.4) is 0 Å². The predicted octanol–water partition coefficient (Wildman–Crippen LogP) is 2.33. The number of nitrogens with one attached hydrogen (secondary N) is 1. The molecule has 10 heteroatoms. The van der Waals surface area contributed by atoms with Crippen LogP contribution in [0.5, 0.6) is 0 Å². The lowest BCUT2D eigenvalue weighted by Crippen LogP contribution is -2.33. The number of anilines is 1. The minimum absolute atomic E-state index is 0.395. The summed E-state index contributed by atoms with van der Waals surface area (Å²) in [6.07, 6.45) is 0.377. The fourth-order valence-corrected chi connectivity index (χ4v) is 4.65. The lowest BCUT2D eigenvalue weighted by atomic mass is 10.1. The summed E-state index contributed by atoms with van der Waals surface area (Å²) < 4.78 is 7.46. The van der Waals surface area contributed by atoms with Crippen molar-refractivity contribution in [3.05, 3.63) is 42.2 Å². The van der Waals surface area contributed by atoms with Crippen LogP contribution in [0, 0.1) is 0 Å². The van der Waals surface area contributed by atoms with Gasteiger partial charge in [-0.1, -0.05) is 61.9 Å². The second kappa shape index (κ2) is 10.6. The highest BCUT2D eigenvalue weighted by atomic mass is 32.2. The maximum absolute atomic E-state index is 10.6. The number of fused-ring (bicyclic) bond motifs is 1. The fourth-order valence-electron chi connectivity index (χ4n) is 3.75. The maximum Gasteiger partial charge on any atom is 0.207 e. The zero-order chi connectivity index (χ0) is 22.5. The van der Waals surface area contributed by atoms with Crippen molar-refractivity contribution in [2.24, 2.45) is 0 Å². The van der Waals surface area contributed by atoms with E-state index in [9.17, 15) is 15.3 Å². The molecule has 32 heavy (non-hydrogen) atoms. The predicted molar refractivity (Wildman–Crippen MR) is 122 cm³/mol. The van der Waals surface area contributed by atoms with Gasteiger partial charge in [0.05, 0.1) is 6.61 Å². The SMILES string of the molecule is CCCCCNc1nc2c(SCc3ccccc3)ncnc2n1[C@@H]1O[C@H](CO)[C@@H](O)[C@H]1O. The molecule has 1 aliphatic heterocycles. The van der Waals surface area contributed by atoms with E-state index in [1.807, 2.05) is 18.2 Å². The first kappa shape index (κ1) is 22.9. The standard InChI is InChI=1S/C22H29N5O4S/c1-2-3-7-10-23-22-26-16-19(27(22)21-18(30)17(29)15(11-28)31-21)24-13-25-20(16)32-12-14-8-5-4-6-9-14/h4-6,8-9,13,15,17-18,21,28-30H,2-3,7,10-12H2,1H3,(H,23,26)/t15-,17-,18-,21-/m1/s1. The van der Waals surface area contributed by atoms with Crippen molar-refractivity contribution >= 4 is 28.9 Å². The summed E-state index contributed by atoms with van der Waals surface area (Å²) in [5, 5.41) is 34.5. The van der Waals surface area contributed by atoms with E-state index in [1.54, 1.807) is 16.3 Å². The third kappa shape index (κ3) is 4.74. The summed E-state index contributed by atoms with van der Waals surface area (Å²) >= 11 is 1.56. The van der Waals surface area contributed by atoms with Crippen molar-refractivity contribution in [1.29, 1.82) is 0 Å². The Morgan fingerprint density at radius 2 is 1.94 bits per heavy atom. The van der Waals surface area contributed by atoms with Gasteiger partial charge in [-0.15, -0.1) is 0 Å². The van der Waals surface area contributed by atoms with Crippen LogP contribution < -0.4 is 5.32 Å². The van der Waals surface area contributed by atoms with Gasteiger partial charge in [-0.2, -0.15) is 0 Å². The van der Waals surface area contributed by atoms with Crippen LogP contribution in [0.2, 0.25) is 0 Å². The number of aliphatic hydroxyl groups excluding tert-OH is 3. The monoisotopic (exact) mass is 459 g/mol. The van der Waals surface area contributed by atoms with Gasteiger partial charge in [-0.05, 0) is 12.0 Å². The number of nitrogens with zero attached hydrogens (tertiary/aromatic N) is 4. The van der Waals surface area contributed by atoms with Crippen molar-refractivity contribution in [1.82, 2.24) is 19.5 Å². The highest BCUT2D eigenvalue weighted by Gasteiger charge is 2.45. The van der Waals surface area contributed by atoms with Crippen molar-refractivity contribution < 1.29 is 20.1 Å². The van der Waals surface area contributed by atoms with Crippen LogP contribution in [0.1, 0.15) is 38.0 Å². The molecule has 0 aliphatic carbocycles. The third-order valence-corrected chi connectivity index (χ3v) is 6.55. The molecule has 4 rings (SSSR count). The Hall–Kier alpha value is -2.24. The number of aliphatic hydroxyl groups is 3. The second-order valence-electron chi connectivity index (χ2n) is 7.79. The zero-order valence-electron chi connectivity index (χ0n) is 18.0. The van der Waals surface area contributed by atoms with E-state index >= 15 is 0 Å². The van der Waals surface area contributed by atoms with Crippen LogP contribution >= 0.6 is 11.8 Å². The number of imidazole rings is 1. The molecule has 1 saturated heterocycles. The number of hydrogen-bond acceptors (Lipinski definition) is 9. The van der Waals surface area contributed by atoms with E-state index in [4.69, 9.17) is 9.72 Å². The summed E-state index contributed by atoms with van der Waals surface area (Å²) in [6, 6.07) is 10.1. The number of aromatic nitrogens is 4. The van der Waals surface area contributed by atoms with Crippen molar-refractivity contribution in [3.63, 3.8) is 0 Å². The molecule has 172 valence electrons. The first-order chi connectivity index (χ1) is 15.6. The molecule has 3 aromatic rings. The molecule has 0 spiro atoms. The molecule has 1 aromatic carbocycles. The van der Waals surface area contributed by atoms with E-state index in [1.165, 1.54) is 11.9 Å². The van der Waals surface area contributed by atoms with Crippen LogP contribution in [-0.4, -0.2) is 66.3 Å². The van der Waals surface area contributed by atoms with Crippen molar-refractivity contribution in [2.45, 2.75) is 61.5 Å². The first-order valence-corrected chi connectivity index (χ1v) is 11.9. The topological polar surface area (TPSA) is 126 Å². The molecule has 1 fully saturated rings. The summed E-state index contributed by atoms with van der Waals surface area (Å²) in [4.78, 5) is 13.6. The molecule has 0 saturated carbocycles. The van der Waals surface area contributed by atoms with Gasteiger partial charge >= 0.3 is 0 Å². The Morgan fingerprint density at radius 1 is 1.12 bits per heavy atom. The van der Waals surface area contributed by atoms with Gasteiger partial charge < -0.3 is 25.4 Å². The molecule has 1 aliphatic rings. The number of unbranched alkanes of at least 4 members (excludes halogenated alkanes) is 2. The third-order valence-electron chi connectivity index (χ3n) is 5.50. The van der Waals surface area contributed by atoms with Gasteiger partial charge in [0, 0.05) is 12.3 Å². The quantitative estimate of drug-likeness (QED) is 0.205. The molecule has 0 unspecified atom stereocenters. The van der Waals surface area contributed by atoms with Crippen molar-refractivity contribution in [3.8, 4) is 0 Å². The van der Waals surface area contributed by atoms with E-state index in [0.29, 0.717) is 23.7 Å². The molecule has 4 N–H and O–H groups in total. The van der Waals surface area contributed by atoms with Crippen LogP contribution in [0.4, 0.5) is 5.95 Å². The Morgan fingerprint density at radius 3 is 2.66 bits per heavy atom. The average molecular weight is 460 g/mol. The van der Waals surface area contributed by atoms with Gasteiger partial charge in [0.1, 0.15) is 35.2 Å². The number of benzene rings is 1. The fraction of sp³-hybridized carbons (Fsp3) is 0.500. The van der Waals surface area contributed by atoms with Gasteiger partial charge in [0.15, 0.2) is 11.9 Å². The zero-order valence-corrected chi connectivity index (χ0v) is 18.8. The number of hydrogen-bond donors (Lipinski definition) is 4. The number of thioether (sulfide) groups is 1. The Labute approximate surface area is 190 Å². The van der Waals surface area contributed by atoms with E-state index in [2.05, 4.69) is 34.3 Å². The molecule has 0 amide bonds. The average Bonchev–Trinajstić information content (AvgIpc) is 3.33. The summed E-state index contributed by atoms with van der Waals surface area (Å²) in [6.45, 7) is 2.44. The maximum atomic E-state index is 10.6. The Kier molecular flexibility index (Phi) is 7.59. The smallest absolute Gasteiger partial charge is 0.207 e. The molecule has 0 radical (unpaired) electrons. The lowest BCUT2D eigenvalue weighted by Gasteiger charge is -2.19. The number of ether oxygens (including phenoxy) is 1. The molecule has 0 bridgehead atoms. The van der Waals surface area contributed by atoms with Crippen LogP contribution in [0.15, 0.2) is 41.7 Å². The van der Waals surface area contributed by atoms with E-state index in [0.717, 1.165) is 30.0 Å². The second-order valence-corrected chi connectivity index (χ2v) is 8.76. The van der Waals surface area contributed by atoms with Crippen LogP contribution in [0.25, 0.3) is 11.2 Å². The lowest BCUT2D eigenvalue weighted by molar-refractivity contribution is -0.0501. The largest absolute Gasteiger partial charge is 0.394 e. The summed E-state index contributed by atoms with van der Waals surface area (Å²) in [5.41, 5.74) is 2.28. The van der Waals surface area contributed by atoms with Crippen molar-refractivity contribution in [2.75, 3.05) is 18.5 Å². The minimum Gasteiger partial charge on any atom is -0.394 e. The van der Waals surface area contributed by atoms with Gasteiger partial charge in [0.2, 0.25) is 5.95 Å². The highest BCUT2D eigenvalue weighted by molar-refractivity contribution is 7.98. The Balaban J connectivity index is 1.68. The molecule has 2 aromatic heterocycles. The van der Waals surface area contributed by atoms with Crippen LogP contribution in [-0.2, 0) is 10.5 Å². The molecule has 4 atom stereocenters.